The maximum Gasteiger partial charge on any atom is 0.418 e. The number of rotatable bonds is 8. The Morgan fingerprint density at radius 1 is 1.03 bits per heavy atom. The molecule has 0 aromatic heterocycles. The lowest BCUT2D eigenvalue weighted by Crippen LogP contribution is -2.16. The number of anilines is 1. The van der Waals surface area contributed by atoms with Crippen molar-refractivity contribution in [1.82, 2.24) is 0 Å². The van der Waals surface area contributed by atoms with Gasteiger partial charge in [0.15, 0.2) is 11.5 Å². The zero-order chi connectivity index (χ0) is 24.9. The monoisotopic (exact) mass is 479 g/mol. The van der Waals surface area contributed by atoms with Crippen molar-refractivity contribution in [2.24, 2.45) is 0 Å². The molecule has 3 rings (SSSR count). The van der Waals surface area contributed by atoms with E-state index in [-0.39, 0.29) is 23.8 Å². The van der Waals surface area contributed by atoms with Gasteiger partial charge in [0.2, 0.25) is 5.91 Å². The average molecular weight is 479 g/mol. The van der Waals surface area contributed by atoms with Gasteiger partial charge in [-0.3, -0.25) is 9.59 Å². The van der Waals surface area contributed by atoms with Crippen molar-refractivity contribution < 1.29 is 37.0 Å². The molecule has 6 nitrogen and oxygen atoms in total. The Hall–Kier alpha value is -3.23. The van der Waals surface area contributed by atoms with Gasteiger partial charge < -0.3 is 19.5 Å². The number of ether oxygens (including phenoxy) is 3. The molecule has 9 heteroatoms. The number of alkyl halides is 3. The summed E-state index contributed by atoms with van der Waals surface area (Å²) >= 11 is 0. The van der Waals surface area contributed by atoms with Gasteiger partial charge in [0.05, 0.1) is 38.0 Å². The fraction of sp³-hybridized carbons (Fsp3) is 0.440. The molecule has 34 heavy (non-hydrogen) atoms. The van der Waals surface area contributed by atoms with E-state index in [2.05, 4.69) is 5.32 Å². The molecule has 1 atom stereocenters. The van der Waals surface area contributed by atoms with E-state index in [4.69, 9.17) is 14.2 Å². The summed E-state index contributed by atoms with van der Waals surface area (Å²) in [5, 5.41) is 2.22. The molecule has 1 aliphatic rings. The largest absolute Gasteiger partial charge is 0.493 e. The predicted molar refractivity (Wildman–Crippen MR) is 120 cm³/mol. The van der Waals surface area contributed by atoms with Gasteiger partial charge in [-0.05, 0) is 61.1 Å². The summed E-state index contributed by atoms with van der Waals surface area (Å²) < 4.78 is 57.7. The molecular weight excluding hydrogens is 451 g/mol. The Bertz CT molecular complexity index is 1030. The number of benzene rings is 2. The van der Waals surface area contributed by atoms with Crippen LogP contribution in [0.15, 0.2) is 36.4 Å². The van der Waals surface area contributed by atoms with Crippen LogP contribution >= 0.6 is 0 Å². The van der Waals surface area contributed by atoms with Gasteiger partial charge in [-0.2, -0.15) is 13.2 Å². The molecule has 0 saturated heterocycles. The summed E-state index contributed by atoms with van der Waals surface area (Å²) in [5.74, 6) is -0.944. The van der Waals surface area contributed by atoms with Gasteiger partial charge in [-0.15, -0.1) is 0 Å². The number of halogens is 3. The topological polar surface area (TPSA) is 73.9 Å². The molecule has 1 saturated carbocycles. The minimum Gasteiger partial charge on any atom is -0.493 e. The van der Waals surface area contributed by atoms with Crippen LogP contribution < -0.4 is 14.8 Å². The minimum atomic E-state index is -4.71. The maximum absolute atomic E-state index is 13.8. The second-order valence-corrected chi connectivity index (χ2v) is 8.25. The molecule has 184 valence electrons. The molecule has 0 aliphatic heterocycles. The summed E-state index contributed by atoms with van der Waals surface area (Å²) in [6, 6.07) is 8.71. The predicted octanol–water partition coefficient (Wildman–Crippen LogP) is 5.69. The average Bonchev–Trinajstić information content (AvgIpc) is 3.29. The smallest absolute Gasteiger partial charge is 0.418 e. The fourth-order valence-corrected chi connectivity index (χ4v) is 4.18. The molecule has 1 aliphatic carbocycles. The highest BCUT2D eigenvalue weighted by Gasteiger charge is 2.35. The number of hydrogen-bond donors (Lipinski definition) is 1. The van der Waals surface area contributed by atoms with E-state index in [0.717, 1.165) is 38.7 Å². The molecule has 1 fully saturated rings. The molecular formula is C25H28F3NO5. The first-order chi connectivity index (χ1) is 16.1. The van der Waals surface area contributed by atoms with Gasteiger partial charge in [0.1, 0.15) is 0 Å². The highest BCUT2D eigenvalue weighted by Crippen LogP contribution is 2.41. The van der Waals surface area contributed by atoms with Crippen LogP contribution in [0.25, 0.3) is 0 Å². The molecule has 0 bridgehead atoms. The fourth-order valence-electron chi connectivity index (χ4n) is 4.18. The van der Waals surface area contributed by atoms with E-state index in [1.165, 1.54) is 26.4 Å². The minimum absolute atomic E-state index is 0.0389. The summed E-state index contributed by atoms with van der Waals surface area (Å²) in [5.41, 5.74) is -0.505. The molecule has 1 N–H and O–H groups in total. The van der Waals surface area contributed by atoms with E-state index in [0.29, 0.717) is 17.1 Å². The van der Waals surface area contributed by atoms with E-state index in [1.807, 2.05) is 0 Å². The molecule has 2 aromatic carbocycles. The highest BCUT2D eigenvalue weighted by atomic mass is 19.4. The molecule has 2 aromatic rings. The van der Waals surface area contributed by atoms with Gasteiger partial charge in [0.25, 0.3) is 0 Å². The van der Waals surface area contributed by atoms with Crippen LogP contribution in [0.1, 0.15) is 61.6 Å². The number of amides is 1. The summed E-state index contributed by atoms with van der Waals surface area (Å²) in [7, 11) is 2.74. The Kier molecular flexibility index (Phi) is 8.06. The van der Waals surface area contributed by atoms with Crippen LogP contribution in [-0.2, 0) is 20.5 Å². The van der Waals surface area contributed by atoms with E-state index in [9.17, 15) is 22.8 Å². The van der Waals surface area contributed by atoms with E-state index >= 15 is 0 Å². The quantitative estimate of drug-likeness (QED) is 0.493. The van der Waals surface area contributed by atoms with Crippen molar-refractivity contribution in [2.45, 2.75) is 57.2 Å². The summed E-state index contributed by atoms with van der Waals surface area (Å²) in [4.78, 5) is 23.6. The molecule has 1 amide bonds. The third-order valence-corrected chi connectivity index (χ3v) is 5.85. The second-order valence-electron chi connectivity index (χ2n) is 8.25. The lowest BCUT2D eigenvalue weighted by Gasteiger charge is -2.22. The number of esters is 1. The van der Waals surface area contributed by atoms with E-state index in [1.54, 1.807) is 18.2 Å². The highest BCUT2D eigenvalue weighted by molar-refractivity contribution is 5.89. The number of methoxy groups -OCH3 is 2. The van der Waals surface area contributed by atoms with Gasteiger partial charge in [0, 0.05) is 12.8 Å². The first kappa shape index (κ1) is 25.4. The molecule has 1 unspecified atom stereocenters. The maximum atomic E-state index is 13.8. The van der Waals surface area contributed by atoms with Crippen LogP contribution in [-0.4, -0.2) is 32.2 Å². The zero-order valence-corrected chi connectivity index (χ0v) is 19.3. The molecule has 0 heterocycles. The third kappa shape index (κ3) is 6.21. The van der Waals surface area contributed by atoms with Gasteiger partial charge in [-0.25, -0.2) is 0 Å². The normalized spacial score (nSPS) is 15.0. The second kappa shape index (κ2) is 10.8. The molecule has 0 spiro atoms. The van der Waals surface area contributed by atoms with Gasteiger partial charge >= 0.3 is 12.1 Å². The first-order valence-electron chi connectivity index (χ1n) is 11.0. The van der Waals surface area contributed by atoms with Crippen molar-refractivity contribution in [3.05, 3.63) is 53.1 Å². The van der Waals surface area contributed by atoms with Crippen LogP contribution in [0.5, 0.6) is 11.5 Å². The van der Waals surface area contributed by atoms with Crippen molar-refractivity contribution in [3.8, 4) is 11.5 Å². The Morgan fingerprint density at radius 2 is 1.68 bits per heavy atom. The van der Waals surface area contributed by atoms with Crippen molar-refractivity contribution >= 4 is 17.6 Å². The Morgan fingerprint density at radius 3 is 2.26 bits per heavy atom. The SMILES string of the molecule is COC(=O)CC(c1ccc(OC)c(OC2CCCC2)c1)c1ccc(NC(C)=O)c(C(F)(F)F)c1. The van der Waals surface area contributed by atoms with Crippen molar-refractivity contribution in [3.63, 3.8) is 0 Å². The van der Waals surface area contributed by atoms with E-state index < -0.39 is 29.5 Å². The standard InChI is InChI=1S/C25H28F3NO5/c1-15(30)29-21-10-8-16(12-20(21)25(26,27)28)19(14-24(31)33-3)17-9-11-22(32-2)23(13-17)34-18-6-4-5-7-18/h8-13,18-19H,4-7,14H2,1-3H3,(H,29,30). The first-order valence-corrected chi connectivity index (χ1v) is 11.0. The van der Waals surface area contributed by atoms with Crippen molar-refractivity contribution in [1.29, 1.82) is 0 Å². The summed E-state index contributed by atoms with van der Waals surface area (Å²) in [6.07, 6.45) is -0.881. The van der Waals surface area contributed by atoms with Gasteiger partial charge in [-0.1, -0.05) is 12.1 Å². The van der Waals surface area contributed by atoms with Crippen LogP contribution in [0.2, 0.25) is 0 Å². The number of hydrogen-bond acceptors (Lipinski definition) is 5. The number of carbonyl (C=O) groups excluding carboxylic acids is 2. The van der Waals surface area contributed by atoms with Crippen LogP contribution in [0.4, 0.5) is 18.9 Å². The molecule has 0 radical (unpaired) electrons. The lowest BCUT2D eigenvalue weighted by atomic mass is 9.87. The third-order valence-electron chi connectivity index (χ3n) is 5.85. The number of nitrogens with one attached hydrogen (secondary N) is 1. The van der Waals surface area contributed by atoms with Crippen LogP contribution in [0.3, 0.4) is 0 Å². The number of carbonyl (C=O) groups is 2. The van der Waals surface area contributed by atoms with Crippen LogP contribution in [0, 0.1) is 0 Å². The lowest BCUT2D eigenvalue weighted by molar-refractivity contribution is -0.140. The van der Waals surface area contributed by atoms with Crippen molar-refractivity contribution in [2.75, 3.05) is 19.5 Å². The zero-order valence-electron chi connectivity index (χ0n) is 19.3. The Balaban J connectivity index is 2.07. The Labute approximate surface area is 196 Å². The summed E-state index contributed by atoms with van der Waals surface area (Å²) in [6.45, 7) is 1.14.